The highest BCUT2D eigenvalue weighted by Gasteiger charge is 2.41. The maximum Gasteiger partial charge on any atom is 0.323 e. The lowest BCUT2D eigenvalue weighted by Gasteiger charge is -2.38. The van der Waals surface area contributed by atoms with Crippen LogP contribution in [0.3, 0.4) is 0 Å². The highest BCUT2D eigenvalue weighted by Crippen LogP contribution is 2.31. The number of carbonyl (C=O) groups is 4. The number of amides is 2. The van der Waals surface area contributed by atoms with Gasteiger partial charge in [-0.15, -0.1) is 0 Å². The number of carbonyl (C=O) groups excluding carboxylic acids is 3. The van der Waals surface area contributed by atoms with E-state index in [0.29, 0.717) is 10.9 Å². The molecule has 1 unspecified atom stereocenters. The van der Waals surface area contributed by atoms with Crippen LogP contribution >= 0.6 is 15.9 Å². The zero-order valence-corrected chi connectivity index (χ0v) is 21.3. The lowest BCUT2D eigenvalue weighted by atomic mass is 9.82. The molecule has 0 saturated heterocycles. The molecule has 2 fully saturated rings. The monoisotopic (exact) mass is 545 g/mol. The van der Waals surface area contributed by atoms with Gasteiger partial charge in [-0.05, 0) is 49.8 Å². The van der Waals surface area contributed by atoms with Crippen LogP contribution < -0.4 is 5.32 Å². The van der Waals surface area contributed by atoms with Gasteiger partial charge < -0.3 is 20.3 Å². The molecule has 2 aliphatic carbocycles. The lowest BCUT2D eigenvalue weighted by Crippen LogP contribution is -2.58. The maximum absolute atomic E-state index is 13.6. The van der Waals surface area contributed by atoms with E-state index in [0.717, 1.165) is 73.6 Å². The van der Waals surface area contributed by atoms with Crippen molar-refractivity contribution in [3.63, 3.8) is 0 Å². The minimum absolute atomic E-state index is 0.0192. The third kappa shape index (κ3) is 5.94. The van der Waals surface area contributed by atoms with Crippen LogP contribution in [0.15, 0.2) is 28.9 Å². The fourth-order valence-corrected chi connectivity index (χ4v) is 5.92. The van der Waals surface area contributed by atoms with Crippen LogP contribution in [-0.4, -0.2) is 57.2 Å². The molecule has 0 radical (unpaired) electrons. The summed E-state index contributed by atoms with van der Waals surface area (Å²) in [6.45, 7) is -0.699. The largest absolute Gasteiger partial charge is 0.480 e. The second-order valence-electron chi connectivity index (χ2n) is 9.73. The Kier molecular flexibility index (Phi) is 8.26. The predicted octanol–water partition coefficient (Wildman–Crippen LogP) is 4.42. The van der Waals surface area contributed by atoms with Gasteiger partial charge in [0.1, 0.15) is 12.6 Å². The molecular formula is C26H32BrN3O5. The van der Waals surface area contributed by atoms with E-state index in [-0.39, 0.29) is 23.4 Å². The number of hydrogen-bond donors (Lipinski definition) is 3. The van der Waals surface area contributed by atoms with Crippen molar-refractivity contribution in [2.75, 3.05) is 6.54 Å². The van der Waals surface area contributed by atoms with Gasteiger partial charge in [0.25, 0.3) is 11.7 Å². The summed E-state index contributed by atoms with van der Waals surface area (Å²) in [6, 6.07) is 4.38. The van der Waals surface area contributed by atoms with Crippen molar-refractivity contribution in [2.45, 2.75) is 76.3 Å². The zero-order chi connectivity index (χ0) is 24.9. The minimum Gasteiger partial charge on any atom is -0.480 e. The number of Topliss-reactive ketones (excluding diaryl/α,β-unsaturated/α-hetero) is 1. The van der Waals surface area contributed by atoms with E-state index in [4.69, 9.17) is 0 Å². The number of aromatic amines is 1. The van der Waals surface area contributed by atoms with Crippen LogP contribution in [0.25, 0.3) is 10.9 Å². The van der Waals surface area contributed by atoms with Gasteiger partial charge in [-0.1, -0.05) is 54.5 Å². The Hall–Kier alpha value is -2.68. The fourth-order valence-electron chi connectivity index (χ4n) is 5.56. The fraction of sp³-hybridized carbons (Fsp3) is 0.538. The number of carboxylic acids is 1. The second-order valence-corrected chi connectivity index (χ2v) is 10.7. The normalized spacial score (nSPS) is 18.2. The number of nitrogens with zero attached hydrogens (tertiary/aromatic N) is 1. The molecule has 1 heterocycles. The Morgan fingerprint density at radius 1 is 1.03 bits per heavy atom. The molecular weight excluding hydrogens is 514 g/mol. The summed E-state index contributed by atoms with van der Waals surface area (Å²) in [7, 11) is 0. The van der Waals surface area contributed by atoms with Crippen LogP contribution in [0, 0.1) is 5.92 Å². The first-order valence-electron chi connectivity index (χ1n) is 12.5. The molecule has 1 aromatic carbocycles. The standard InChI is InChI=1S/C26H32BrN3O5/c27-17-11-12-21-19(13-17)20(14-28-21)24(33)26(35)30(15-22(31)32)23(16-7-3-1-4-8-16)25(34)29-18-9-5-2-6-10-18/h11-14,16,18,23,28H,1-10,15H2,(H,29,34)(H,31,32). The van der Waals surface area contributed by atoms with Crippen molar-refractivity contribution >= 4 is 50.4 Å². The van der Waals surface area contributed by atoms with Gasteiger partial charge in [0, 0.05) is 27.6 Å². The van der Waals surface area contributed by atoms with Gasteiger partial charge in [0.2, 0.25) is 5.91 Å². The summed E-state index contributed by atoms with van der Waals surface area (Å²) in [5.41, 5.74) is 0.852. The zero-order valence-electron chi connectivity index (χ0n) is 19.7. The van der Waals surface area contributed by atoms with Gasteiger partial charge >= 0.3 is 5.97 Å². The summed E-state index contributed by atoms with van der Waals surface area (Å²) >= 11 is 3.39. The smallest absolute Gasteiger partial charge is 0.323 e. The van der Waals surface area contributed by atoms with Gasteiger partial charge in [0.15, 0.2) is 0 Å². The van der Waals surface area contributed by atoms with Crippen LogP contribution in [0.1, 0.15) is 74.6 Å². The molecule has 2 aromatic rings. The van der Waals surface area contributed by atoms with Gasteiger partial charge in [-0.25, -0.2) is 0 Å². The third-order valence-corrected chi connectivity index (χ3v) is 7.79. The van der Waals surface area contributed by atoms with Crippen LogP contribution in [0.4, 0.5) is 0 Å². The molecule has 8 nitrogen and oxygen atoms in total. The number of carboxylic acid groups (broad SMARTS) is 1. The summed E-state index contributed by atoms with van der Waals surface area (Å²) in [4.78, 5) is 56.4. The predicted molar refractivity (Wildman–Crippen MR) is 135 cm³/mol. The molecule has 0 aliphatic heterocycles. The Bertz CT molecular complexity index is 1100. The Labute approximate surface area is 212 Å². The summed E-state index contributed by atoms with van der Waals surface area (Å²) in [5.74, 6) is -3.54. The van der Waals surface area contributed by atoms with E-state index in [1.54, 1.807) is 12.1 Å². The number of aromatic nitrogens is 1. The molecule has 3 N–H and O–H groups in total. The number of rotatable bonds is 8. The van der Waals surface area contributed by atoms with Crippen molar-refractivity contribution in [2.24, 2.45) is 5.92 Å². The Balaban J connectivity index is 1.66. The van der Waals surface area contributed by atoms with E-state index in [1.165, 1.54) is 6.20 Å². The van der Waals surface area contributed by atoms with Gasteiger partial charge in [-0.2, -0.15) is 0 Å². The number of aliphatic carboxylic acids is 1. The van der Waals surface area contributed by atoms with E-state index < -0.39 is 30.2 Å². The van der Waals surface area contributed by atoms with E-state index >= 15 is 0 Å². The third-order valence-electron chi connectivity index (χ3n) is 7.30. The number of benzene rings is 1. The molecule has 2 saturated carbocycles. The summed E-state index contributed by atoms with van der Waals surface area (Å²) in [5, 5.41) is 13.3. The Morgan fingerprint density at radius 2 is 1.69 bits per heavy atom. The van der Waals surface area contributed by atoms with Crippen LogP contribution in [0.2, 0.25) is 0 Å². The van der Waals surface area contributed by atoms with Crippen molar-refractivity contribution < 1.29 is 24.3 Å². The second kappa shape index (κ2) is 11.4. The first kappa shape index (κ1) is 25.4. The maximum atomic E-state index is 13.6. The lowest BCUT2D eigenvalue weighted by molar-refractivity contribution is -0.148. The quantitative estimate of drug-likeness (QED) is 0.335. The average Bonchev–Trinajstić information content (AvgIpc) is 3.26. The molecule has 2 amide bonds. The molecule has 1 aromatic heterocycles. The van der Waals surface area contributed by atoms with Crippen LogP contribution in [-0.2, 0) is 14.4 Å². The number of hydrogen-bond acceptors (Lipinski definition) is 4. The van der Waals surface area contributed by atoms with E-state index in [9.17, 15) is 24.3 Å². The molecule has 0 bridgehead atoms. The van der Waals surface area contributed by atoms with E-state index in [2.05, 4.69) is 26.2 Å². The highest BCUT2D eigenvalue weighted by atomic mass is 79.9. The van der Waals surface area contributed by atoms with Gasteiger partial charge in [-0.3, -0.25) is 19.2 Å². The van der Waals surface area contributed by atoms with Crippen molar-refractivity contribution in [1.82, 2.24) is 15.2 Å². The van der Waals surface area contributed by atoms with Crippen molar-refractivity contribution in [1.29, 1.82) is 0 Å². The average molecular weight is 546 g/mol. The van der Waals surface area contributed by atoms with Gasteiger partial charge in [0.05, 0.1) is 5.56 Å². The van der Waals surface area contributed by atoms with Crippen molar-refractivity contribution in [3.05, 3.63) is 34.4 Å². The molecule has 0 spiro atoms. The highest BCUT2D eigenvalue weighted by molar-refractivity contribution is 9.10. The van der Waals surface area contributed by atoms with Crippen molar-refractivity contribution in [3.8, 4) is 0 Å². The molecule has 4 rings (SSSR count). The van der Waals surface area contributed by atoms with Crippen LogP contribution in [0.5, 0.6) is 0 Å². The number of halogens is 1. The SMILES string of the molecule is O=C(O)CN(C(=O)C(=O)c1c[nH]c2ccc(Br)cc12)C(C(=O)NC1CCCCC1)C1CCCCC1. The number of fused-ring (bicyclic) bond motifs is 1. The summed E-state index contributed by atoms with van der Waals surface area (Å²) < 4.78 is 0.750. The minimum atomic E-state index is -1.25. The number of ketones is 1. The molecule has 188 valence electrons. The first-order chi connectivity index (χ1) is 16.8. The topological polar surface area (TPSA) is 120 Å². The number of H-pyrrole nitrogens is 1. The molecule has 35 heavy (non-hydrogen) atoms. The first-order valence-corrected chi connectivity index (χ1v) is 13.3. The number of nitrogens with one attached hydrogen (secondary N) is 2. The Morgan fingerprint density at radius 3 is 2.34 bits per heavy atom. The molecule has 1 atom stereocenters. The van der Waals surface area contributed by atoms with E-state index in [1.807, 2.05) is 6.07 Å². The molecule has 2 aliphatic rings. The summed E-state index contributed by atoms with van der Waals surface area (Å²) in [6.07, 6.45) is 10.7. The molecule has 9 heteroatoms.